The molecule has 2 amide bonds. The zero-order valence-electron chi connectivity index (χ0n) is 12.0. The average Bonchev–Trinajstić information content (AvgIpc) is 2.87. The van der Waals surface area contributed by atoms with Crippen molar-refractivity contribution in [2.75, 3.05) is 26.2 Å². The summed E-state index contributed by atoms with van der Waals surface area (Å²) in [6, 6.07) is 5.57. The Morgan fingerprint density at radius 2 is 2.29 bits per heavy atom. The van der Waals surface area contributed by atoms with Gasteiger partial charge >= 0.3 is 6.03 Å². The molecule has 1 aromatic carbocycles. The molecule has 21 heavy (non-hydrogen) atoms. The number of fused-ring (bicyclic) bond motifs is 1. The Balaban J connectivity index is 1.93. The molecule has 0 aliphatic heterocycles. The highest BCUT2D eigenvalue weighted by molar-refractivity contribution is 6.31. The Labute approximate surface area is 128 Å². The van der Waals surface area contributed by atoms with Crippen LogP contribution in [0.4, 0.5) is 4.79 Å². The molecule has 0 aliphatic rings. The number of likely N-dealkylation sites (N-methyl/N-ethyl adjacent to an activating group) is 1. The van der Waals surface area contributed by atoms with Gasteiger partial charge in [0, 0.05) is 41.8 Å². The standard InChI is InChI=1S/C15H20ClN3O2/c1-2-19(7-8-20)15(21)17-6-5-11-10-18-14-4-3-12(16)9-13(11)14/h3-4,9-10,18,20H,2,5-8H2,1H3,(H,17,21). The van der Waals surface area contributed by atoms with Gasteiger partial charge in [0.1, 0.15) is 0 Å². The number of halogens is 1. The van der Waals surface area contributed by atoms with Crippen molar-refractivity contribution in [2.24, 2.45) is 0 Å². The minimum Gasteiger partial charge on any atom is -0.395 e. The van der Waals surface area contributed by atoms with Gasteiger partial charge in [-0.15, -0.1) is 0 Å². The molecule has 0 saturated heterocycles. The number of urea groups is 1. The number of rotatable bonds is 6. The zero-order valence-corrected chi connectivity index (χ0v) is 12.8. The molecule has 1 aromatic heterocycles. The first-order valence-electron chi connectivity index (χ1n) is 7.04. The predicted molar refractivity (Wildman–Crippen MR) is 84.7 cm³/mol. The van der Waals surface area contributed by atoms with Gasteiger partial charge in [-0.2, -0.15) is 0 Å². The number of H-pyrrole nitrogens is 1. The van der Waals surface area contributed by atoms with Gasteiger partial charge in [-0.05, 0) is 37.1 Å². The molecule has 0 aliphatic carbocycles. The highest BCUT2D eigenvalue weighted by Crippen LogP contribution is 2.22. The van der Waals surface area contributed by atoms with E-state index in [1.54, 1.807) is 4.90 Å². The summed E-state index contributed by atoms with van der Waals surface area (Å²) in [4.78, 5) is 16.7. The van der Waals surface area contributed by atoms with E-state index in [4.69, 9.17) is 16.7 Å². The lowest BCUT2D eigenvalue weighted by atomic mass is 10.1. The van der Waals surface area contributed by atoms with Gasteiger partial charge in [-0.3, -0.25) is 0 Å². The third-order valence-electron chi connectivity index (χ3n) is 3.44. The number of aliphatic hydroxyl groups excluding tert-OH is 1. The maximum Gasteiger partial charge on any atom is 0.317 e. The van der Waals surface area contributed by atoms with Crippen molar-refractivity contribution in [3.05, 3.63) is 35.0 Å². The van der Waals surface area contributed by atoms with Crippen LogP contribution in [-0.2, 0) is 6.42 Å². The third kappa shape index (κ3) is 3.89. The van der Waals surface area contributed by atoms with Crippen LogP contribution in [0.3, 0.4) is 0 Å². The van der Waals surface area contributed by atoms with Crippen molar-refractivity contribution in [1.82, 2.24) is 15.2 Å². The molecule has 0 radical (unpaired) electrons. The number of nitrogens with zero attached hydrogens (tertiary/aromatic N) is 1. The van der Waals surface area contributed by atoms with Gasteiger partial charge in [0.05, 0.1) is 6.61 Å². The third-order valence-corrected chi connectivity index (χ3v) is 3.67. The molecule has 0 unspecified atom stereocenters. The van der Waals surface area contributed by atoms with Gasteiger partial charge in [0.25, 0.3) is 0 Å². The van der Waals surface area contributed by atoms with Gasteiger partial charge < -0.3 is 20.3 Å². The number of hydrogen-bond acceptors (Lipinski definition) is 2. The molecule has 1 heterocycles. The van der Waals surface area contributed by atoms with E-state index < -0.39 is 0 Å². The highest BCUT2D eigenvalue weighted by atomic mass is 35.5. The summed E-state index contributed by atoms with van der Waals surface area (Å²) >= 11 is 6.01. The molecular weight excluding hydrogens is 290 g/mol. The number of benzene rings is 1. The Morgan fingerprint density at radius 1 is 1.48 bits per heavy atom. The fourth-order valence-electron chi connectivity index (χ4n) is 2.30. The number of carbonyl (C=O) groups excluding carboxylic acids is 1. The number of aliphatic hydroxyl groups is 1. The Kier molecular flexibility index (Phi) is 5.47. The monoisotopic (exact) mass is 309 g/mol. The minimum atomic E-state index is -0.149. The lowest BCUT2D eigenvalue weighted by Crippen LogP contribution is -2.42. The summed E-state index contributed by atoms with van der Waals surface area (Å²) in [6.07, 6.45) is 2.67. The molecule has 5 nitrogen and oxygen atoms in total. The van der Waals surface area contributed by atoms with E-state index in [1.165, 1.54) is 0 Å². The lowest BCUT2D eigenvalue weighted by molar-refractivity contribution is 0.180. The number of aromatic amines is 1. The van der Waals surface area contributed by atoms with E-state index >= 15 is 0 Å². The summed E-state index contributed by atoms with van der Waals surface area (Å²) in [6.45, 7) is 3.33. The van der Waals surface area contributed by atoms with E-state index in [0.29, 0.717) is 24.7 Å². The summed E-state index contributed by atoms with van der Waals surface area (Å²) in [5, 5.41) is 13.5. The minimum absolute atomic E-state index is 0.0256. The summed E-state index contributed by atoms with van der Waals surface area (Å²) in [7, 11) is 0. The van der Waals surface area contributed by atoms with Crippen LogP contribution in [-0.4, -0.2) is 47.3 Å². The first-order valence-corrected chi connectivity index (χ1v) is 7.42. The van der Waals surface area contributed by atoms with E-state index in [2.05, 4.69) is 10.3 Å². The van der Waals surface area contributed by atoms with Crippen LogP contribution < -0.4 is 5.32 Å². The van der Waals surface area contributed by atoms with Gasteiger partial charge in [-0.25, -0.2) is 4.79 Å². The van der Waals surface area contributed by atoms with Crippen molar-refractivity contribution < 1.29 is 9.90 Å². The maximum atomic E-state index is 11.9. The SMILES string of the molecule is CCN(CCO)C(=O)NCCc1c[nH]c2ccc(Cl)cc12. The molecule has 0 saturated carbocycles. The van der Waals surface area contributed by atoms with Crippen molar-refractivity contribution in [2.45, 2.75) is 13.3 Å². The molecule has 0 spiro atoms. The van der Waals surface area contributed by atoms with E-state index in [-0.39, 0.29) is 12.6 Å². The summed E-state index contributed by atoms with van der Waals surface area (Å²) in [5.74, 6) is 0. The van der Waals surface area contributed by atoms with E-state index in [0.717, 1.165) is 22.9 Å². The average molecular weight is 310 g/mol. The highest BCUT2D eigenvalue weighted by Gasteiger charge is 2.10. The van der Waals surface area contributed by atoms with Crippen LogP contribution in [0.5, 0.6) is 0 Å². The Bertz CT molecular complexity index is 612. The second-order valence-corrected chi connectivity index (χ2v) is 5.23. The molecule has 3 N–H and O–H groups in total. The fourth-order valence-corrected chi connectivity index (χ4v) is 2.47. The molecule has 6 heteroatoms. The van der Waals surface area contributed by atoms with Crippen molar-refractivity contribution in [3.8, 4) is 0 Å². The first-order chi connectivity index (χ1) is 10.2. The molecule has 2 rings (SSSR count). The zero-order chi connectivity index (χ0) is 15.2. The molecule has 2 aromatic rings. The van der Waals surface area contributed by atoms with Crippen LogP contribution in [0.1, 0.15) is 12.5 Å². The topological polar surface area (TPSA) is 68.4 Å². The number of nitrogens with one attached hydrogen (secondary N) is 2. The van der Waals surface area contributed by atoms with Gasteiger partial charge in [-0.1, -0.05) is 11.6 Å². The number of hydrogen-bond donors (Lipinski definition) is 3. The Hall–Kier alpha value is -1.72. The van der Waals surface area contributed by atoms with E-state index in [1.807, 2.05) is 31.3 Å². The van der Waals surface area contributed by atoms with Crippen LogP contribution in [0.2, 0.25) is 5.02 Å². The second-order valence-electron chi connectivity index (χ2n) is 4.79. The van der Waals surface area contributed by atoms with Crippen molar-refractivity contribution >= 4 is 28.5 Å². The first kappa shape index (κ1) is 15.7. The van der Waals surface area contributed by atoms with Crippen molar-refractivity contribution in [1.29, 1.82) is 0 Å². The number of carbonyl (C=O) groups is 1. The predicted octanol–water partition coefficient (Wildman–Crippen LogP) is 2.39. The van der Waals surface area contributed by atoms with Crippen molar-refractivity contribution in [3.63, 3.8) is 0 Å². The molecule has 0 fully saturated rings. The van der Waals surface area contributed by atoms with Crippen LogP contribution >= 0.6 is 11.6 Å². The lowest BCUT2D eigenvalue weighted by Gasteiger charge is -2.20. The molecule has 0 bridgehead atoms. The maximum absolute atomic E-state index is 11.9. The largest absolute Gasteiger partial charge is 0.395 e. The number of aromatic nitrogens is 1. The van der Waals surface area contributed by atoms with Crippen LogP contribution in [0.25, 0.3) is 10.9 Å². The molecule has 0 atom stereocenters. The second kappa shape index (κ2) is 7.33. The fraction of sp³-hybridized carbons (Fsp3) is 0.400. The normalized spacial score (nSPS) is 10.8. The molecular formula is C15H20ClN3O2. The quantitative estimate of drug-likeness (QED) is 0.767. The number of amides is 2. The Morgan fingerprint density at radius 3 is 3.00 bits per heavy atom. The van der Waals surface area contributed by atoms with E-state index in [9.17, 15) is 4.79 Å². The van der Waals surface area contributed by atoms with Gasteiger partial charge in [0.15, 0.2) is 0 Å². The summed E-state index contributed by atoms with van der Waals surface area (Å²) in [5.41, 5.74) is 2.16. The van der Waals surface area contributed by atoms with Crippen LogP contribution in [0, 0.1) is 0 Å². The van der Waals surface area contributed by atoms with Crippen LogP contribution in [0.15, 0.2) is 24.4 Å². The summed E-state index contributed by atoms with van der Waals surface area (Å²) < 4.78 is 0. The smallest absolute Gasteiger partial charge is 0.317 e. The van der Waals surface area contributed by atoms with Gasteiger partial charge in [0.2, 0.25) is 0 Å². The molecule has 114 valence electrons.